The van der Waals surface area contributed by atoms with Gasteiger partial charge < -0.3 is 10.2 Å². The molecule has 0 heterocycles. The topological polar surface area (TPSA) is 86.8 Å². The number of carbonyl (C=O) groups excluding carboxylic acids is 2. The fourth-order valence-electron chi connectivity index (χ4n) is 4.21. The quantitative estimate of drug-likeness (QED) is 0.297. The van der Waals surface area contributed by atoms with Crippen molar-refractivity contribution < 1.29 is 18.0 Å². The van der Waals surface area contributed by atoms with Gasteiger partial charge >= 0.3 is 0 Å². The minimum Gasteiger partial charge on any atom is -0.354 e. The molecule has 0 aliphatic heterocycles. The standard InChI is InChI=1S/C30H35Cl2N3O4S/c1-21(2)18-33-30(37)28(16-23-8-6-5-7-9-23)34(19-24-11-14-25(31)15-12-24)29(36)20-35(40(4,38)39)27-17-26(32)13-10-22(27)3/h5-15,17,21,28H,16,18-20H2,1-4H3,(H,33,37). The lowest BCUT2D eigenvalue weighted by Gasteiger charge is -2.34. The monoisotopic (exact) mass is 603 g/mol. The lowest BCUT2D eigenvalue weighted by atomic mass is 10.0. The predicted molar refractivity (Wildman–Crippen MR) is 162 cm³/mol. The second-order valence-electron chi connectivity index (χ2n) is 10.2. The number of nitrogens with one attached hydrogen (secondary N) is 1. The fourth-order valence-corrected chi connectivity index (χ4v) is 5.40. The lowest BCUT2D eigenvalue weighted by Crippen LogP contribution is -2.53. The summed E-state index contributed by atoms with van der Waals surface area (Å²) in [5.41, 5.74) is 2.56. The summed E-state index contributed by atoms with van der Waals surface area (Å²) in [6.45, 7) is 5.73. The molecule has 0 fully saturated rings. The number of anilines is 1. The van der Waals surface area contributed by atoms with Gasteiger partial charge in [0.25, 0.3) is 0 Å². The van der Waals surface area contributed by atoms with Gasteiger partial charge in [-0.25, -0.2) is 8.42 Å². The van der Waals surface area contributed by atoms with Crippen molar-refractivity contribution in [2.75, 3.05) is 23.7 Å². The summed E-state index contributed by atoms with van der Waals surface area (Å²) < 4.78 is 26.9. The highest BCUT2D eigenvalue weighted by Crippen LogP contribution is 2.27. The van der Waals surface area contributed by atoms with Crippen molar-refractivity contribution in [3.63, 3.8) is 0 Å². The first-order chi connectivity index (χ1) is 18.8. The largest absolute Gasteiger partial charge is 0.354 e. The van der Waals surface area contributed by atoms with E-state index in [-0.39, 0.29) is 24.8 Å². The number of sulfonamides is 1. The Morgan fingerprint density at radius 2 is 1.52 bits per heavy atom. The summed E-state index contributed by atoms with van der Waals surface area (Å²) in [4.78, 5) is 29.2. The summed E-state index contributed by atoms with van der Waals surface area (Å²) in [5.74, 6) is -0.640. The number of nitrogens with zero attached hydrogens (tertiary/aromatic N) is 2. The maximum absolute atomic E-state index is 14.1. The Morgan fingerprint density at radius 3 is 2.12 bits per heavy atom. The Labute approximate surface area is 247 Å². The van der Waals surface area contributed by atoms with Crippen LogP contribution in [0.4, 0.5) is 5.69 Å². The van der Waals surface area contributed by atoms with Gasteiger partial charge in [0.15, 0.2) is 0 Å². The molecule has 40 heavy (non-hydrogen) atoms. The van der Waals surface area contributed by atoms with Crippen LogP contribution in [0.1, 0.15) is 30.5 Å². The van der Waals surface area contributed by atoms with Crippen LogP contribution in [0, 0.1) is 12.8 Å². The number of halogens is 2. The number of benzene rings is 3. The van der Waals surface area contributed by atoms with Crippen LogP contribution in [0.3, 0.4) is 0 Å². The predicted octanol–water partition coefficient (Wildman–Crippen LogP) is 5.48. The molecule has 0 saturated heterocycles. The second kappa shape index (κ2) is 14.0. The molecular weight excluding hydrogens is 569 g/mol. The molecule has 2 amide bonds. The molecule has 1 N–H and O–H groups in total. The number of amides is 2. The highest BCUT2D eigenvalue weighted by atomic mass is 35.5. The van der Waals surface area contributed by atoms with E-state index in [0.29, 0.717) is 27.8 Å². The Hall–Kier alpha value is -3.07. The molecule has 0 bridgehead atoms. The van der Waals surface area contributed by atoms with Gasteiger partial charge in [-0.15, -0.1) is 0 Å². The Balaban J connectivity index is 2.06. The molecule has 7 nitrogen and oxygen atoms in total. The number of hydrogen-bond donors (Lipinski definition) is 1. The van der Waals surface area contributed by atoms with Gasteiger partial charge in [0.2, 0.25) is 21.8 Å². The van der Waals surface area contributed by atoms with Crippen LogP contribution >= 0.6 is 23.2 Å². The van der Waals surface area contributed by atoms with Gasteiger partial charge in [-0.2, -0.15) is 0 Å². The van der Waals surface area contributed by atoms with Crippen molar-refractivity contribution >= 4 is 50.7 Å². The minimum atomic E-state index is -3.88. The maximum Gasteiger partial charge on any atom is 0.244 e. The molecule has 0 aromatic heterocycles. The van der Waals surface area contributed by atoms with Crippen LogP contribution in [-0.4, -0.2) is 50.5 Å². The first-order valence-electron chi connectivity index (χ1n) is 12.9. The summed E-state index contributed by atoms with van der Waals surface area (Å²) in [7, 11) is -3.88. The van der Waals surface area contributed by atoms with Gasteiger partial charge in [-0.1, -0.05) is 85.6 Å². The second-order valence-corrected chi connectivity index (χ2v) is 13.0. The molecule has 10 heteroatoms. The van der Waals surface area contributed by atoms with Crippen molar-refractivity contribution in [1.29, 1.82) is 0 Å². The number of rotatable bonds is 12. The van der Waals surface area contributed by atoms with E-state index >= 15 is 0 Å². The molecule has 0 aliphatic rings. The first kappa shape index (κ1) is 31.5. The Kier molecular flexibility index (Phi) is 11.0. The van der Waals surface area contributed by atoms with Crippen molar-refractivity contribution in [2.24, 2.45) is 5.92 Å². The molecule has 1 atom stereocenters. The first-order valence-corrected chi connectivity index (χ1v) is 15.5. The molecule has 214 valence electrons. The van der Waals surface area contributed by atoms with Gasteiger partial charge in [-0.3, -0.25) is 13.9 Å². The van der Waals surface area contributed by atoms with Crippen LogP contribution in [0.25, 0.3) is 0 Å². The zero-order valence-corrected chi connectivity index (χ0v) is 25.4. The molecule has 0 radical (unpaired) electrons. The smallest absolute Gasteiger partial charge is 0.244 e. The van der Waals surface area contributed by atoms with E-state index in [4.69, 9.17) is 23.2 Å². The average molecular weight is 605 g/mol. The molecule has 3 aromatic rings. The van der Waals surface area contributed by atoms with Crippen molar-refractivity contribution in [3.8, 4) is 0 Å². The number of carbonyl (C=O) groups is 2. The third-order valence-electron chi connectivity index (χ3n) is 6.34. The van der Waals surface area contributed by atoms with E-state index in [2.05, 4.69) is 5.32 Å². The molecule has 0 aliphatic carbocycles. The van der Waals surface area contributed by atoms with Crippen LogP contribution < -0.4 is 9.62 Å². The zero-order valence-electron chi connectivity index (χ0n) is 23.1. The molecular formula is C30H35Cl2N3O4S. The van der Waals surface area contributed by atoms with E-state index in [9.17, 15) is 18.0 Å². The van der Waals surface area contributed by atoms with Crippen LogP contribution in [0.15, 0.2) is 72.8 Å². The fraction of sp³-hybridized carbons (Fsp3) is 0.333. The zero-order chi connectivity index (χ0) is 29.4. The van der Waals surface area contributed by atoms with E-state index in [1.165, 1.54) is 11.0 Å². The number of aryl methyl sites for hydroxylation is 1. The van der Waals surface area contributed by atoms with E-state index in [1.54, 1.807) is 43.3 Å². The lowest BCUT2D eigenvalue weighted by molar-refractivity contribution is -0.140. The van der Waals surface area contributed by atoms with Crippen LogP contribution in [0.2, 0.25) is 10.0 Å². The summed E-state index contributed by atoms with van der Waals surface area (Å²) >= 11 is 12.3. The maximum atomic E-state index is 14.1. The SMILES string of the molecule is Cc1ccc(Cl)cc1N(CC(=O)N(Cc1ccc(Cl)cc1)C(Cc1ccccc1)C(=O)NCC(C)C)S(C)(=O)=O. The molecule has 0 spiro atoms. The van der Waals surface area contributed by atoms with Gasteiger partial charge in [-0.05, 0) is 53.8 Å². The average Bonchev–Trinajstić information content (AvgIpc) is 2.90. The summed E-state index contributed by atoms with van der Waals surface area (Å²) in [6.07, 6.45) is 1.29. The third-order valence-corrected chi connectivity index (χ3v) is 7.95. The van der Waals surface area contributed by atoms with Gasteiger partial charge in [0.05, 0.1) is 11.9 Å². The van der Waals surface area contributed by atoms with Crippen molar-refractivity contribution in [2.45, 2.75) is 39.8 Å². The summed E-state index contributed by atoms with van der Waals surface area (Å²) in [5, 5.41) is 3.84. The molecule has 3 rings (SSSR count). The van der Waals surface area contributed by atoms with E-state index < -0.39 is 28.5 Å². The highest BCUT2D eigenvalue weighted by Gasteiger charge is 2.33. The van der Waals surface area contributed by atoms with E-state index in [1.807, 2.05) is 44.2 Å². The highest BCUT2D eigenvalue weighted by molar-refractivity contribution is 7.92. The van der Waals surface area contributed by atoms with Crippen LogP contribution in [-0.2, 0) is 32.6 Å². The van der Waals surface area contributed by atoms with Crippen LogP contribution in [0.5, 0.6) is 0 Å². The number of hydrogen-bond acceptors (Lipinski definition) is 4. The molecule has 0 saturated carbocycles. The van der Waals surface area contributed by atoms with Gasteiger partial charge in [0, 0.05) is 29.6 Å². The van der Waals surface area contributed by atoms with Gasteiger partial charge in [0.1, 0.15) is 12.6 Å². The third kappa shape index (κ3) is 8.98. The van der Waals surface area contributed by atoms with Crippen molar-refractivity contribution in [3.05, 3.63) is 99.5 Å². The minimum absolute atomic E-state index is 0.0781. The van der Waals surface area contributed by atoms with Crippen molar-refractivity contribution in [1.82, 2.24) is 10.2 Å². The normalized spacial score (nSPS) is 12.2. The Bertz CT molecular complexity index is 1410. The Morgan fingerprint density at radius 1 is 0.900 bits per heavy atom. The molecule has 3 aromatic carbocycles. The summed E-state index contributed by atoms with van der Waals surface area (Å²) in [6, 6.07) is 20.4. The van der Waals surface area contributed by atoms with E-state index in [0.717, 1.165) is 21.7 Å². The molecule has 1 unspecified atom stereocenters.